The van der Waals surface area contributed by atoms with Crippen molar-refractivity contribution >= 4 is 23.5 Å². The van der Waals surface area contributed by atoms with Crippen LogP contribution in [0.5, 0.6) is 0 Å². The Morgan fingerprint density at radius 3 is 2.68 bits per heavy atom. The number of cyclic esters (lactones) is 1. The molecule has 0 spiro atoms. The number of hydrogen-bond donors (Lipinski definition) is 0. The Morgan fingerprint density at radius 1 is 1.53 bits per heavy atom. The maximum absolute atomic E-state index is 13.3. The maximum atomic E-state index is 13.3. The second-order valence-corrected chi connectivity index (χ2v) is 5.00. The SMILES string of the molecule is Cc1ccc(C(=O)OC[C@H]2C[C@](F)(Cl)C(=O)O2)cc1. The van der Waals surface area contributed by atoms with Crippen molar-refractivity contribution in [3.05, 3.63) is 35.4 Å². The summed E-state index contributed by atoms with van der Waals surface area (Å²) in [5, 5.41) is -2.51. The maximum Gasteiger partial charge on any atom is 0.360 e. The average Bonchev–Trinajstić information content (AvgIpc) is 2.61. The van der Waals surface area contributed by atoms with Crippen LogP contribution in [0.15, 0.2) is 24.3 Å². The van der Waals surface area contributed by atoms with Crippen LogP contribution in [0.2, 0.25) is 0 Å². The van der Waals surface area contributed by atoms with Gasteiger partial charge in [0.2, 0.25) is 0 Å². The minimum absolute atomic E-state index is 0.211. The van der Waals surface area contributed by atoms with Crippen molar-refractivity contribution in [2.45, 2.75) is 24.6 Å². The van der Waals surface area contributed by atoms with Crippen LogP contribution in [0.25, 0.3) is 0 Å². The number of carbonyl (C=O) groups excluding carboxylic acids is 2. The first-order valence-electron chi connectivity index (χ1n) is 5.71. The Bertz CT molecular complexity index is 498. The lowest BCUT2D eigenvalue weighted by Crippen LogP contribution is -2.20. The lowest BCUT2D eigenvalue weighted by molar-refractivity contribution is -0.147. The molecule has 102 valence electrons. The van der Waals surface area contributed by atoms with Crippen LogP contribution in [0.1, 0.15) is 22.3 Å². The fraction of sp³-hybridized carbons (Fsp3) is 0.385. The highest BCUT2D eigenvalue weighted by atomic mass is 35.5. The number of carbonyl (C=O) groups is 2. The Balaban J connectivity index is 1.88. The third-order valence-electron chi connectivity index (χ3n) is 2.74. The first-order chi connectivity index (χ1) is 8.88. The largest absolute Gasteiger partial charge is 0.458 e. The van der Waals surface area contributed by atoms with E-state index in [1.54, 1.807) is 24.3 Å². The Labute approximate surface area is 114 Å². The van der Waals surface area contributed by atoms with Gasteiger partial charge in [0.15, 0.2) is 0 Å². The molecule has 1 fully saturated rings. The zero-order valence-corrected chi connectivity index (χ0v) is 10.9. The number of ether oxygens (including phenoxy) is 2. The van der Waals surface area contributed by atoms with E-state index >= 15 is 0 Å². The predicted molar refractivity (Wildman–Crippen MR) is 65.7 cm³/mol. The summed E-state index contributed by atoms with van der Waals surface area (Å²) in [7, 11) is 0. The summed E-state index contributed by atoms with van der Waals surface area (Å²) >= 11 is 5.28. The molecule has 1 aliphatic rings. The predicted octanol–water partition coefficient (Wildman–Crippen LogP) is 2.37. The Hall–Kier alpha value is -1.62. The van der Waals surface area contributed by atoms with Gasteiger partial charge >= 0.3 is 11.9 Å². The van der Waals surface area contributed by atoms with Gasteiger partial charge in [-0.2, -0.15) is 0 Å². The number of benzene rings is 1. The molecule has 4 nitrogen and oxygen atoms in total. The molecule has 1 aromatic rings. The highest BCUT2D eigenvalue weighted by molar-refractivity contribution is 6.33. The van der Waals surface area contributed by atoms with Crippen LogP contribution in [0, 0.1) is 6.92 Å². The fourth-order valence-corrected chi connectivity index (χ4v) is 1.90. The first kappa shape index (κ1) is 13.8. The molecule has 0 aliphatic carbocycles. The first-order valence-corrected chi connectivity index (χ1v) is 6.09. The monoisotopic (exact) mass is 286 g/mol. The van der Waals surface area contributed by atoms with Crippen LogP contribution in [-0.4, -0.2) is 29.8 Å². The smallest absolute Gasteiger partial charge is 0.360 e. The van der Waals surface area contributed by atoms with E-state index in [0.717, 1.165) is 5.56 Å². The summed E-state index contributed by atoms with van der Waals surface area (Å²) in [6.07, 6.45) is -1.17. The molecule has 0 saturated carbocycles. The number of esters is 2. The summed E-state index contributed by atoms with van der Waals surface area (Å²) in [4.78, 5) is 22.7. The lowest BCUT2D eigenvalue weighted by atomic mass is 10.1. The summed E-state index contributed by atoms with van der Waals surface area (Å²) in [5.74, 6) is -1.69. The van der Waals surface area contributed by atoms with Gasteiger partial charge < -0.3 is 9.47 Å². The molecule has 0 bridgehead atoms. The Kier molecular flexibility index (Phi) is 3.75. The van der Waals surface area contributed by atoms with Crippen LogP contribution in [-0.2, 0) is 14.3 Å². The third kappa shape index (κ3) is 3.23. The molecule has 1 aliphatic heterocycles. The molecule has 2 rings (SSSR count). The molecular weight excluding hydrogens is 275 g/mol. The molecule has 1 saturated heterocycles. The van der Waals surface area contributed by atoms with Gasteiger partial charge in [0.05, 0.1) is 5.56 Å². The van der Waals surface area contributed by atoms with Gasteiger partial charge in [-0.1, -0.05) is 29.3 Å². The van der Waals surface area contributed by atoms with Crippen molar-refractivity contribution in [2.75, 3.05) is 6.61 Å². The molecular formula is C13H12ClFO4. The van der Waals surface area contributed by atoms with Gasteiger partial charge in [-0.3, -0.25) is 0 Å². The number of alkyl halides is 2. The molecule has 0 N–H and O–H groups in total. The van der Waals surface area contributed by atoms with Gasteiger partial charge in [0.25, 0.3) is 5.13 Å². The van der Waals surface area contributed by atoms with Crippen molar-refractivity contribution in [1.82, 2.24) is 0 Å². The van der Waals surface area contributed by atoms with E-state index in [-0.39, 0.29) is 13.0 Å². The van der Waals surface area contributed by atoms with Crippen molar-refractivity contribution in [1.29, 1.82) is 0 Å². The van der Waals surface area contributed by atoms with E-state index in [0.29, 0.717) is 5.56 Å². The summed E-state index contributed by atoms with van der Waals surface area (Å²) in [5.41, 5.74) is 1.40. The third-order valence-corrected chi connectivity index (χ3v) is 3.05. The lowest BCUT2D eigenvalue weighted by Gasteiger charge is -2.09. The zero-order valence-electron chi connectivity index (χ0n) is 10.2. The molecule has 0 amide bonds. The fourth-order valence-electron chi connectivity index (χ4n) is 1.68. The van der Waals surface area contributed by atoms with Crippen LogP contribution in [0.4, 0.5) is 4.39 Å². The van der Waals surface area contributed by atoms with E-state index in [2.05, 4.69) is 4.74 Å². The minimum Gasteiger partial charge on any atom is -0.458 e. The van der Waals surface area contributed by atoms with Gasteiger partial charge in [-0.25, -0.2) is 14.0 Å². The summed E-state index contributed by atoms with van der Waals surface area (Å²) in [6, 6.07) is 6.80. The molecule has 6 heteroatoms. The number of halogens is 2. The molecule has 1 heterocycles. The normalized spacial score (nSPS) is 26.1. The molecule has 1 aromatic carbocycles. The van der Waals surface area contributed by atoms with Gasteiger partial charge in [-0.15, -0.1) is 0 Å². The van der Waals surface area contributed by atoms with E-state index in [1.807, 2.05) is 6.92 Å². The molecule has 0 unspecified atom stereocenters. The second kappa shape index (κ2) is 5.17. The van der Waals surface area contributed by atoms with Crippen LogP contribution in [0.3, 0.4) is 0 Å². The van der Waals surface area contributed by atoms with E-state index in [1.165, 1.54) is 0 Å². The quantitative estimate of drug-likeness (QED) is 0.632. The second-order valence-electron chi connectivity index (χ2n) is 4.40. The van der Waals surface area contributed by atoms with Gasteiger partial charge in [0.1, 0.15) is 12.7 Å². The van der Waals surface area contributed by atoms with E-state index < -0.39 is 23.2 Å². The van der Waals surface area contributed by atoms with Crippen molar-refractivity contribution in [2.24, 2.45) is 0 Å². The number of hydrogen-bond acceptors (Lipinski definition) is 4. The van der Waals surface area contributed by atoms with Crippen molar-refractivity contribution < 1.29 is 23.5 Å². The average molecular weight is 287 g/mol. The molecule has 19 heavy (non-hydrogen) atoms. The number of rotatable bonds is 3. The molecule has 2 atom stereocenters. The molecule has 0 aromatic heterocycles. The summed E-state index contributed by atoms with van der Waals surface area (Å²) in [6.45, 7) is 1.69. The van der Waals surface area contributed by atoms with Crippen LogP contribution < -0.4 is 0 Å². The summed E-state index contributed by atoms with van der Waals surface area (Å²) < 4.78 is 22.9. The Morgan fingerprint density at radius 2 is 2.16 bits per heavy atom. The van der Waals surface area contributed by atoms with E-state index in [4.69, 9.17) is 16.3 Å². The highest BCUT2D eigenvalue weighted by Gasteiger charge is 2.49. The highest BCUT2D eigenvalue weighted by Crippen LogP contribution is 2.33. The van der Waals surface area contributed by atoms with Gasteiger partial charge in [-0.05, 0) is 19.1 Å². The van der Waals surface area contributed by atoms with Crippen LogP contribution >= 0.6 is 11.6 Å². The standard InChI is InChI=1S/C13H12ClFO4/c1-8-2-4-9(5-3-8)11(16)18-7-10-6-13(14,15)12(17)19-10/h2-5,10H,6-7H2,1H3/t10-,13-/m1/s1. The topological polar surface area (TPSA) is 52.6 Å². The van der Waals surface area contributed by atoms with E-state index in [9.17, 15) is 14.0 Å². The van der Waals surface area contributed by atoms with Crippen molar-refractivity contribution in [3.63, 3.8) is 0 Å². The van der Waals surface area contributed by atoms with Crippen molar-refractivity contribution in [3.8, 4) is 0 Å². The zero-order chi connectivity index (χ0) is 14.0. The van der Waals surface area contributed by atoms with Gasteiger partial charge in [0, 0.05) is 6.42 Å². The minimum atomic E-state index is -2.51. The number of aryl methyl sites for hydroxylation is 1. The molecule has 0 radical (unpaired) electrons.